The highest BCUT2D eigenvalue weighted by atomic mass is 79.9. The fourth-order valence-electron chi connectivity index (χ4n) is 3.12. The summed E-state index contributed by atoms with van der Waals surface area (Å²) in [6.07, 6.45) is 1.56. The molecular formula is C26H21BrN2O3. The van der Waals surface area contributed by atoms with Crippen molar-refractivity contribution in [3.8, 4) is 11.5 Å². The number of halogens is 1. The molecule has 32 heavy (non-hydrogen) atoms. The Kier molecular flexibility index (Phi) is 7.15. The van der Waals surface area contributed by atoms with Crippen LogP contribution in [0.15, 0.2) is 101 Å². The average Bonchev–Trinajstić information content (AvgIpc) is 2.82. The fourth-order valence-corrected chi connectivity index (χ4v) is 3.57. The predicted molar refractivity (Wildman–Crippen MR) is 130 cm³/mol. The Bertz CT molecular complexity index is 1260. The van der Waals surface area contributed by atoms with Gasteiger partial charge in [-0.15, -0.1) is 0 Å². The van der Waals surface area contributed by atoms with E-state index in [2.05, 4.69) is 26.5 Å². The van der Waals surface area contributed by atoms with Crippen LogP contribution in [0.25, 0.3) is 10.8 Å². The number of para-hydroxylation sites is 1. The molecule has 1 amide bonds. The van der Waals surface area contributed by atoms with Crippen molar-refractivity contribution in [3.63, 3.8) is 0 Å². The second-order valence-electron chi connectivity index (χ2n) is 7.05. The van der Waals surface area contributed by atoms with Gasteiger partial charge in [0.15, 0.2) is 6.61 Å². The molecule has 1 N–H and O–H groups in total. The summed E-state index contributed by atoms with van der Waals surface area (Å²) in [5.41, 5.74) is 4.30. The van der Waals surface area contributed by atoms with Gasteiger partial charge in [-0.1, -0.05) is 70.5 Å². The van der Waals surface area contributed by atoms with Crippen LogP contribution in [0.2, 0.25) is 0 Å². The minimum atomic E-state index is -0.345. The van der Waals surface area contributed by atoms with Crippen LogP contribution in [0.3, 0.4) is 0 Å². The first-order valence-corrected chi connectivity index (χ1v) is 10.9. The number of fused-ring (bicyclic) bond motifs is 1. The number of nitrogens with one attached hydrogen (secondary N) is 1. The zero-order chi connectivity index (χ0) is 22.2. The average molecular weight is 489 g/mol. The van der Waals surface area contributed by atoms with E-state index in [1.807, 2.05) is 91.0 Å². The molecule has 0 aliphatic rings. The van der Waals surface area contributed by atoms with Gasteiger partial charge in [-0.25, -0.2) is 5.43 Å². The molecule has 0 aliphatic carbocycles. The Balaban J connectivity index is 1.30. The van der Waals surface area contributed by atoms with E-state index in [4.69, 9.17) is 9.47 Å². The van der Waals surface area contributed by atoms with Gasteiger partial charge in [0, 0.05) is 10.0 Å². The SMILES string of the molecule is O=C(COc1ccc2ccccc2c1)N/N=C\c1ccccc1OCc1cccc(Br)c1. The topological polar surface area (TPSA) is 59.9 Å². The summed E-state index contributed by atoms with van der Waals surface area (Å²) >= 11 is 3.46. The molecule has 0 saturated carbocycles. The highest BCUT2D eigenvalue weighted by Crippen LogP contribution is 2.21. The molecule has 4 aromatic carbocycles. The third-order valence-corrected chi connectivity index (χ3v) is 5.18. The smallest absolute Gasteiger partial charge is 0.277 e. The summed E-state index contributed by atoms with van der Waals surface area (Å²) in [7, 11) is 0. The summed E-state index contributed by atoms with van der Waals surface area (Å²) in [5.74, 6) is 0.967. The largest absolute Gasteiger partial charge is 0.488 e. The Morgan fingerprint density at radius 3 is 2.56 bits per heavy atom. The standard InChI is InChI=1S/C26H21BrN2O3/c27-23-10-5-6-19(14-23)17-32-25-11-4-3-9-22(25)16-28-29-26(30)18-31-24-13-12-20-7-1-2-8-21(20)15-24/h1-16H,17-18H2,(H,29,30)/b28-16-. The number of carbonyl (C=O) groups excluding carboxylic acids is 1. The molecular weight excluding hydrogens is 468 g/mol. The summed E-state index contributed by atoms with van der Waals surface area (Å²) in [6, 6.07) is 29.2. The molecule has 0 unspecified atom stereocenters. The van der Waals surface area contributed by atoms with Gasteiger partial charge >= 0.3 is 0 Å². The van der Waals surface area contributed by atoms with Gasteiger partial charge in [0.05, 0.1) is 6.21 Å². The lowest BCUT2D eigenvalue weighted by molar-refractivity contribution is -0.123. The van der Waals surface area contributed by atoms with Crippen LogP contribution < -0.4 is 14.9 Å². The zero-order valence-corrected chi connectivity index (χ0v) is 18.8. The fraction of sp³-hybridized carbons (Fsp3) is 0.0769. The van der Waals surface area contributed by atoms with E-state index >= 15 is 0 Å². The lowest BCUT2D eigenvalue weighted by atomic mass is 10.1. The number of ether oxygens (including phenoxy) is 2. The van der Waals surface area contributed by atoms with Gasteiger partial charge < -0.3 is 9.47 Å². The maximum Gasteiger partial charge on any atom is 0.277 e. The van der Waals surface area contributed by atoms with Crippen molar-refractivity contribution in [1.82, 2.24) is 5.43 Å². The van der Waals surface area contributed by atoms with Crippen molar-refractivity contribution in [2.24, 2.45) is 5.10 Å². The van der Waals surface area contributed by atoms with Crippen LogP contribution in [-0.4, -0.2) is 18.7 Å². The van der Waals surface area contributed by atoms with Crippen molar-refractivity contribution < 1.29 is 14.3 Å². The van der Waals surface area contributed by atoms with Crippen molar-refractivity contribution in [2.45, 2.75) is 6.61 Å². The van der Waals surface area contributed by atoms with Gasteiger partial charge in [0.2, 0.25) is 0 Å². The van der Waals surface area contributed by atoms with Crippen LogP contribution >= 0.6 is 15.9 Å². The van der Waals surface area contributed by atoms with E-state index in [9.17, 15) is 4.79 Å². The first-order valence-electron chi connectivity index (χ1n) is 10.1. The summed E-state index contributed by atoms with van der Waals surface area (Å²) in [5, 5.41) is 6.22. The highest BCUT2D eigenvalue weighted by molar-refractivity contribution is 9.10. The maximum atomic E-state index is 12.1. The van der Waals surface area contributed by atoms with Crippen LogP contribution in [0.1, 0.15) is 11.1 Å². The van der Waals surface area contributed by atoms with Crippen LogP contribution in [0, 0.1) is 0 Å². The Hall–Kier alpha value is -3.64. The van der Waals surface area contributed by atoms with Gasteiger partial charge in [-0.2, -0.15) is 5.10 Å². The van der Waals surface area contributed by atoms with Crippen molar-refractivity contribution >= 4 is 38.8 Å². The van der Waals surface area contributed by atoms with Crippen LogP contribution in [0.5, 0.6) is 11.5 Å². The molecule has 0 aromatic heterocycles. The second kappa shape index (κ2) is 10.6. The van der Waals surface area contributed by atoms with E-state index in [-0.39, 0.29) is 12.5 Å². The van der Waals surface area contributed by atoms with Gasteiger partial charge in [-0.3, -0.25) is 4.79 Å². The third-order valence-electron chi connectivity index (χ3n) is 4.69. The molecule has 0 spiro atoms. The summed E-state index contributed by atoms with van der Waals surface area (Å²) in [4.78, 5) is 12.1. The number of hydrazone groups is 1. The maximum absolute atomic E-state index is 12.1. The first-order chi connectivity index (χ1) is 15.7. The van der Waals surface area contributed by atoms with Crippen LogP contribution in [0.4, 0.5) is 0 Å². The van der Waals surface area contributed by atoms with Gasteiger partial charge in [-0.05, 0) is 52.7 Å². The molecule has 0 radical (unpaired) electrons. The first kappa shape index (κ1) is 21.6. The highest BCUT2D eigenvalue weighted by Gasteiger charge is 2.04. The molecule has 0 fully saturated rings. The molecule has 0 aliphatic heterocycles. The number of amides is 1. The van der Waals surface area contributed by atoms with E-state index in [0.717, 1.165) is 26.4 Å². The number of benzene rings is 4. The normalized spacial score (nSPS) is 10.9. The molecule has 5 nitrogen and oxygen atoms in total. The number of carbonyl (C=O) groups is 1. The molecule has 0 heterocycles. The number of rotatable bonds is 8. The quantitative estimate of drug-likeness (QED) is 0.255. The van der Waals surface area contributed by atoms with Crippen molar-refractivity contribution in [2.75, 3.05) is 6.61 Å². The van der Waals surface area contributed by atoms with E-state index in [0.29, 0.717) is 18.1 Å². The van der Waals surface area contributed by atoms with Gasteiger partial charge in [0.1, 0.15) is 18.1 Å². The summed E-state index contributed by atoms with van der Waals surface area (Å²) < 4.78 is 12.5. The van der Waals surface area contributed by atoms with E-state index < -0.39 is 0 Å². The Labute approximate surface area is 194 Å². The number of hydrogen-bond donors (Lipinski definition) is 1. The van der Waals surface area contributed by atoms with Crippen molar-refractivity contribution in [3.05, 3.63) is 107 Å². The minimum absolute atomic E-state index is 0.128. The molecule has 160 valence electrons. The molecule has 4 rings (SSSR count). The molecule has 0 saturated heterocycles. The molecule has 6 heteroatoms. The second-order valence-corrected chi connectivity index (χ2v) is 7.96. The zero-order valence-electron chi connectivity index (χ0n) is 17.2. The van der Waals surface area contributed by atoms with Gasteiger partial charge in [0.25, 0.3) is 5.91 Å². The Morgan fingerprint density at radius 1 is 0.875 bits per heavy atom. The lowest BCUT2D eigenvalue weighted by Gasteiger charge is -2.09. The lowest BCUT2D eigenvalue weighted by Crippen LogP contribution is -2.24. The number of hydrogen-bond acceptors (Lipinski definition) is 4. The molecule has 0 bridgehead atoms. The predicted octanol–water partition coefficient (Wildman–Crippen LogP) is 5.71. The third kappa shape index (κ3) is 5.95. The number of nitrogens with zero attached hydrogens (tertiary/aromatic N) is 1. The molecule has 0 atom stereocenters. The van der Waals surface area contributed by atoms with Crippen molar-refractivity contribution in [1.29, 1.82) is 0 Å². The van der Waals surface area contributed by atoms with Crippen LogP contribution in [-0.2, 0) is 11.4 Å². The molecule has 4 aromatic rings. The monoisotopic (exact) mass is 488 g/mol. The summed E-state index contributed by atoms with van der Waals surface area (Å²) in [6.45, 7) is 0.299. The van der Waals surface area contributed by atoms with E-state index in [1.54, 1.807) is 6.21 Å². The van der Waals surface area contributed by atoms with E-state index in [1.165, 1.54) is 0 Å². The Morgan fingerprint density at radius 2 is 1.69 bits per heavy atom. The minimum Gasteiger partial charge on any atom is -0.488 e.